The molecule has 4 rings (SSSR count). The smallest absolute Gasteiger partial charge is 0.292 e. The molecule has 0 unspecified atom stereocenters. The van der Waals surface area contributed by atoms with E-state index in [1.54, 1.807) is 0 Å². The Labute approximate surface area is 145 Å². The average Bonchev–Trinajstić information content (AvgIpc) is 3.16. The molecule has 3 heterocycles. The molecule has 0 saturated heterocycles. The van der Waals surface area contributed by atoms with Gasteiger partial charge >= 0.3 is 4.87 Å². The van der Waals surface area contributed by atoms with E-state index in [1.807, 2.05) is 22.8 Å². The molecule has 24 heavy (non-hydrogen) atoms. The number of hydrogen-bond donors (Lipinski definition) is 0. The lowest BCUT2D eigenvalue weighted by atomic mass is 10.1. The van der Waals surface area contributed by atoms with E-state index in [0.717, 1.165) is 41.2 Å². The molecule has 1 aliphatic heterocycles. The topological polar surface area (TPSA) is 39.8 Å². The van der Waals surface area contributed by atoms with Crippen LogP contribution >= 0.6 is 11.3 Å². The van der Waals surface area contributed by atoms with E-state index in [-0.39, 0.29) is 4.87 Å². The number of fused-ring (bicyclic) bond motifs is 1. The monoisotopic (exact) mass is 339 g/mol. The summed E-state index contributed by atoms with van der Waals surface area (Å²) in [5, 5.41) is 4.72. The summed E-state index contributed by atoms with van der Waals surface area (Å²) in [6, 6.07) is 12.4. The molecule has 0 N–H and O–H groups in total. The Balaban J connectivity index is 1.76. The van der Waals surface area contributed by atoms with Gasteiger partial charge in [0.1, 0.15) is 0 Å². The van der Waals surface area contributed by atoms with Gasteiger partial charge in [0.05, 0.1) is 17.9 Å². The highest BCUT2D eigenvalue weighted by molar-refractivity contribution is 7.09. The zero-order chi connectivity index (χ0) is 16.5. The van der Waals surface area contributed by atoms with Crippen molar-refractivity contribution in [2.75, 3.05) is 0 Å². The Bertz CT molecular complexity index is 881. The SMILES string of the molecule is CCc1sc(=O)n(Cc2cc3n(n2)CCCC3)c1-c1ccccc1. The number of hydrogen-bond acceptors (Lipinski definition) is 3. The normalized spacial score (nSPS) is 13.9. The summed E-state index contributed by atoms with van der Waals surface area (Å²) in [5.41, 5.74) is 4.46. The van der Waals surface area contributed by atoms with Crippen LogP contribution in [-0.4, -0.2) is 14.3 Å². The van der Waals surface area contributed by atoms with Crippen molar-refractivity contribution in [2.45, 2.75) is 45.7 Å². The molecule has 0 spiro atoms. The maximum atomic E-state index is 12.6. The number of rotatable bonds is 4. The van der Waals surface area contributed by atoms with Crippen LogP contribution in [0.5, 0.6) is 0 Å². The number of benzene rings is 1. The third-order valence-corrected chi connectivity index (χ3v) is 5.74. The minimum absolute atomic E-state index is 0.108. The maximum absolute atomic E-state index is 12.6. The van der Waals surface area contributed by atoms with Gasteiger partial charge in [-0.25, -0.2) is 0 Å². The molecule has 0 bridgehead atoms. The lowest BCUT2D eigenvalue weighted by Gasteiger charge is -2.11. The molecule has 0 aliphatic carbocycles. The first-order valence-electron chi connectivity index (χ1n) is 8.60. The van der Waals surface area contributed by atoms with Crippen molar-refractivity contribution < 1.29 is 0 Å². The molecule has 1 aliphatic rings. The van der Waals surface area contributed by atoms with Crippen molar-refractivity contribution in [3.8, 4) is 11.3 Å². The lowest BCUT2D eigenvalue weighted by Crippen LogP contribution is -2.16. The predicted molar refractivity (Wildman–Crippen MR) is 97.7 cm³/mol. The van der Waals surface area contributed by atoms with Crippen molar-refractivity contribution >= 4 is 11.3 Å². The molecule has 2 aromatic heterocycles. The number of nitrogens with zero attached hydrogens (tertiary/aromatic N) is 3. The summed E-state index contributed by atoms with van der Waals surface area (Å²) in [6.45, 7) is 3.66. The second-order valence-corrected chi connectivity index (χ2v) is 7.30. The van der Waals surface area contributed by atoms with Gasteiger partial charge in [0.2, 0.25) is 0 Å². The fourth-order valence-corrected chi connectivity index (χ4v) is 4.41. The molecule has 0 saturated carbocycles. The van der Waals surface area contributed by atoms with Gasteiger partial charge < -0.3 is 0 Å². The van der Waals surface area contributed by atoms with Gasteiger partial charge in [0.25, 0.3) is 0 Å². The quantitative estimate of drug-likeness (QED) is 0.727. The van der Waals surface area contributed by atoms with E-state index >= 15 is 0 Å². The van der Waals surface area contributed by atoms with Gasteiger partial charge in [0, 0.05) is 17.1 Å². The first kappa shape index (κ1) is 15.4. The molecular formula is C19H21N3OS. The van der Waals surface area contributed by atoms with E-state index in [2.05, 4.69) is 29.8 Å². The summed E-state index contributed by atoms with van der Waals surface area (Å²) in [5.74, 6) is 0. The maximum Gasteiger partial charge on any atom is 0.308 e. The summed E-state index contributed by atoms with van der Waals surface area (Å²) >= 11 is 1.36. The van der Waals surface area contributed by atoms with Crippen LogP contribution in [0, 0.1) is 0 Å². The minimum Gasteiger partial charge on any atom is -0.292 e. The van der Waals surface area contributed by atoms with Crippen LogP contribution < -0.4 is 4.87 Å². The molecule has 0 amide bonds. The highest BCUT2D eigenvalue weighted by Gasteiger charge is 2.18. The Morgan fingerprint density at radius 3 is 2.79 bits per heavy atom. The molecular weight excluding hydrogens is 318 g/mol. The van der Waals surface area contributed by atoms with E-state index < -0.39 is 0 Å². The standard InChI is InChI=1S/C19H21N3OS/c1-2-17-18(14-8-4-3-5-9-14)21(19(23)24-17)13-15-12-16-10-6-7-11-22(16)20-15/h3-5,8-9,12H,2,6-7,10-11,13H2,1H3. The van der Waals surface area contributed by atoms with Gasteiger partial charge in [-0.05, 0) is 37.3 Å². The van der Waals surface area contributed by atoms with E-state index in [1.165, 1.54) is 29.9 Å². The highest BCUT2D eigenvalue weighted by atomic mass is 32.1. The fourth-order valence-electron chi connectivity index (χ4n) is 3.46. The van der Waals surface area contributed by atoms with Crippen LogP contribution in [-0.2, 0) is 25.9 Å². The molecule has 0 radical (unpaired) electrons. The van der Waals surface area contributed by atoms with Crippen molar-refractivity contribution in [2.24, 2.45) is 0 Å². The van der Waals surface area contributed by atoms with Crippen LogP contribution in [0.1, 0.15) is 36.0 Å². The first-order chi connectivity index (χ1) is 11.8. The molecule has 124 valence electrons. The van der Waals surface area contributed by atoms with Crippen LogP contribution in [0.25, 0.3) is 11.3 Å². The predicted octanol–water partition coefficient (Wildman–Crippen LogP) is 3.72. The summed E-state index contributed by atoms with van der Waals surface area (Å²) < 4.78 is 4.01. The zero-order valence-electron chi connectivity index (χ0n) is 13.9. The Hall–Kier alpha value is -2.14. The molecule has 0 fully saturated rings. The van der Waals surface area contributed by atoms with Gasteiger partial charge in [-0.3, -0.25) is 14.0 Å². The van der Waals surface area contributed by atoms with Gasteiger partial charge in [-0.1, -0.05) is 48.6 Å². The number of thiazole rings is 1. The van der Waals surface area contributed by atoms with Crippen molar-refractivity contribution in [1.29, 1.82) is 0 Å². The van der Waals surface area contributed by atoms with E-state index in [0.29, 0.717) is 6.54 Å². The van der Waals surface area contributed by atoms with Crippen molar-refractivity contribution in [3.05, 3.63) is 62.3 Å². The minimum atomic E-state index is 0.108. The second kappa shape index (κ2) is 6.40. The van der Waals surface area contributed by atoms with Crippen LogP contribution in [0.2, 0.25) is 0 Å². The number of aromatic nitrogens is 3. The van der Waals surface area contributed by atoms with Crippen molar-refractivity contribution in [3.63, 3.8) is 0 Å². The largest absolute Gasteiger partial charge is 0.308 e. The Morgan fingerprint density at radius 2 is 2.04 bits per heavy atom. The molecule has 3 aromatic rings. The molecule has 0 atom stereocenters. The van der Waals surface area contributed by atoms with E-state index in [9.17, 15) is 4.79 Å². The molecule has 1 aromatic carbocycles. The summed E-state index contributed by atoms with van der Waals surface area (Å²) in [4.78, 5) is 13.8. The highest BCUT2D eigenvalue weighted by Crippen LogP contribution is 2.27. The van der Waals surface area contributed by atoms with Gasteiger partial charge in [-0.2, -0.15) is 5.10 Å². The lowest BCUT2D eigenvalue weighted by molar-refractivity contribution is 0.482. The van der Waals surface area contributed by atoms with Gasteiger partial charge in [-0.15, -0.1) is 0 Å². The van der Waals surface area contributed by atoms with Crippen LogP contribution in [0.4, 0.5) is 0 Å². The third kappa shape index (κ3) is 2.73. The molecule has 5 heteroatoms. The third-order valence-electron chi connectivity index (χ3n) is 4.62. The number of aryl methyl sites for hydroxylation is 3. The van der Waals surface area contributed by atoms with Crippen molar-refractivity contribution in [1.82, 2.24) is 14.3 Å². The van der Waals surface area contributed by atoms with Crippen LogP contribution in [0.3, 0.4) is 0 Å². The average molecular weight is 339 g/mol. The second-order valence-electron chi connectivity index (χ2n) is 6.25. The summed E-state index contributed by atoms with van der Waals surface area (Å²) in [7, 11) is 0. The first-order valence-corrected chi connectivity index (χ1v) is 9.41. The fraction of sp³-hybridized carbons (Fsp3) is 0.368. The summed E-state index contributed by atoms with van der Waals surface area (Å²) in [6.07, 6.45) is 4.40. The van der Waals surface area contributed by atoms with E-state index in [4.69, 9.17) is 5.10 Å². The van der Waals surface area contributed by atoms with Gasteiger partial charge in [0.15, 0.2) is 0 Å². The van der Waals surface area contributed by atoms with Crippen LogP contribution in [0.15, 0.2) is 41.2 Å². The molecule has 4 nitrogen and oxygen atoms in total. The Morgan fingerprint density at radius 1 is 1.21 bits per heavy atom. The Kier molecular flexibility index (Phi) is 4.10. The zero-order valence-corrected chi connectivity index (χ0v) is 14.7.